The summed E-state index contributed by atoms with van der Waals surface area (Å²) in [5.41, 5.74) is 2.39. The van der Waals surface area contributed by atoms with Crippen LogP contribution in [0.2, 0.25) is 5.02 Å². The Balaban J connectivity index is 1.74. The molecule has 0 bridgehead atoms. The van der Waals surface area contributed by atoms with Gasteiger partial charge < -0.3 is 4.74 Å². The molecule has 1 amide bonds. The molecule has 1 N–H and O–H groups in total. The molecule has 1 aromatic heterocycles. The molecule has 1 aliphatic carbocycles. The fraction of sp³-hybridized carbons (Fsp3) is 0.294. The zero-order valence-corrected chi connectivity index (χ0v) is 16.4. The highest BCUT2D eigenvalue weighted by Gasteiger charge is 2.31. The number of nitrogens with one attached hydrogen (secondary N) is 1. The standard InChI is InChI=1S/C17H16ClNO5S2/c1-9-3-4-13(16-12(20)7-10(2)15(9)16)24-8-14(21)19-26(22,23)17-11(18)5-6-25-17/h3-6,10H,7-8H2,1-2H3,(H,19,21). The smallest absolute Gasteiger partial charge is 0.275 e. The van der Waals surface area contributed by atoms with Crippen LogP contribution < -0.4 is 9.46 Å². The van der Waals surface area contributed by atoms with Crippen molar-refractivity contribution in [2.24, 2.45) is 0 Å². The number of fused-ring (bicyclic) bond motifs is 1. The Morgan fingerprint density at radius 1 is 1.38 bits per heavy atom. The SMILES string of the molecule is Cc1ccc(OCC(=O)NS(=O)(=O)c2sccc2Cl)c2c1C(C)CC2=O. The van der Waals surface area contributed by atoms with Gasteiger partial charge in [-0.05, 0) is 41.5 Å². The van der Waals surface area contributed by atoms with Gasteiger partial charge in [-0.3, -0.25) is 9.59 Å². The number of benzene rings is 1. The van der Waals surface area contributed by atoms with Crippen LogP contribution in [0.15, 0.2) is 27.8 Å². The summed E-state index contributed by atoms with van der Waals surface area (Å²) >= 11 is 6.71. The molecule has 1 aliphatic rings. The average Bonchev–Trinajstić information content (AvgIpc) is 3.11. The van der Waals surface area contributed by atoms with Crippen LogP contribution in [0.4, 0.5) is 0 Å². The lowest BCUT2D eigenvalue weighted by Gasteiger charge is -2.13. The first-order valence-electron chi connectivity index (χ1n) is 7.79. The molecule has 138 valence electrons. The fourth-order valence-corrected chi connectivity index (χ4v) is 5.73. The number of hydrogen-bond acceptors (Lipinski definition) is 6. The number of amides is 1. The summed E-state index contributed by atoms with van der Waals surface area (Å²) in [5.74, 6) is -0.496. The van der Waals surface area contributed by atoms with Crippen LogP contribution in [0.3, 0.4) is 0 Å². The third-order valence-electron chi connectivity index (χ3n) is 4.12. The van der Waals surface area contributed by atoms with Crippen molar-refractivity contribution in [2.75, 3.05) is 6.61 Å². The molecule has 9 heteroatoms. The molecule has 0 spiro atoms. The molecular formula is C17H16ClNO5S2. The topological polar surface area (TPSA) is 89.5 Å². The number of ketones is 1. The summed E-state index contributed by atoms with van der Waals surface area (Å²) in [6, 6.07) is 4.88. The first-order chi connectivity index (χ1) is 12.2. The number of Topliss-reactive ketones (excluding diaryl/α,β-unsaturated/α-hetero) is 1. The maximum Gasteiger partial charge on any atom is 0.275 e. The maximum atomic E-state index is 12.2. The average molecular weight is 414 g/mol. The van der Waals surface area contributed by atoms with Crippen LogP contribution in [0.5, 0.6) is 5.75 Å². The van der Waals surface area contributed by atoms with Gasteiger partial charge in [-0.15, -0.1) is 11.3 Å². The van der Waals surface area contributed by atoms with Gasteiger partial charge >= 0.3 is 0 Å². The van der Waals surface area contributed by atoms with Gasteiger partial charge in [0, 0.05) is 6.42 Å². The Morgan fingerprint density at radius 3 is 2.77 bits per heavy atom. The van der Waals surface area contributed by atoms with Crippen LogP contribution in [-0.4, -0.2) is 26.7 Å². The van der Waals surface area contributed by atoms with E-state index >= 15 is 0 Å². The second-order valence-corrected chi connectivity index (χ2v) is 9.27. The normalized spacial score (nSPS) is 16.4. The number of carbonyl (C=O) groups excluding carboxylic acids is 2. The fourth-order valence-electron chi connectivity index (χ4n) is 3.07. The minimum absolute atomic E-state index is 0.0374. The first-order valence-corrected chi connectivity index (χ1v) is 10.5. The van der Waals surface area contributed by atoms with E-state index in [9.17, 15) is 18.0 Å². The number of hydrogen-bond donors (Lipinski definition) is 1. The molecule has 1 heterocycles. The van der Waals surface area contributed by atoms with E-state index < -0.39 is 22.5 Å². The van der Waals surface area contributed by atoms with Gasteiger partial charge in [-0.25, -0.2) is 13.1 Å². The quantitative estimate of drug-likeness (QED) is 0.812. The number of rotatable bonds is 5. The van der Waals surface area contributed by atoms with Crippen molar-refractivity contribution < 1.29 is 22.7 Å². The molecule has 2 aromatic rings. The predicted molar refractivity (Wildman–Crippen MR) is 98.7 cm³/mol. The van der Waals surface area contributed by atoms with E-state index in [1.165, 1.54) is 11.4 Å². The van der Waals surface area contributed by atoms with Crippen molar-refractivity contribution in [3.8, 4) is 5.75 Å². The molecular weight excluding hydrogens is 398 g/mol. The largest absolute Gasteiger partial charge is 0.483 e. The maximum absolute atomic E-state index is 12.2. The second-order valence-electron chi connectivity index (χ2n) is 6.07. The Hall–Kier alpha value is -1.90. The number of ether oxygens (including phenoxy) is 1. The van der Waals surface area contributed by atoms with Gasteiger partial charge in [-0.2, -0.15) is 0 Å². The van der Waals surface area contributed by atoms with E-state index in [1.54, 1.807) is 6.07 Å². The highest BCUT2D eigenvalue weighted by Crippen LogP contribution is 2.40. The summed E-state index contributed by atoms with van der Waals surface area (Å²) in [6.07, 6.45) is 0.397. The van der Waals surface area contributed by atoms with Crippen molar-refractivity contribution in [2.45, 2.75) is 30.4 Å². The Morgan fingerprint density at radius 2 is 2.12 bits per heavy atom. The third kappa shape index (κ3) is 3.49. The highest BCUT2D eigenvalue weighted by molar-refractivity contribution is 7.92. The van der Waals surface area contributed by atoms with Crippen molar-refractivity contribution >= 4 is 44.7 Å². The molecule has 1 unspecified atom stereocenters. The van der Waals surface area contributed by atoms with Gasteiger partial charge in [0.15, 0.2) is 16.6 Å². The lowest BCUT2D eigenvalue weighted by molar-refractivity contribution is -0.121. The molecule has 0 saturated heterocycles. The van der Waals surface area contributed by atoms with E-state index in [0.29, 0.717) is 17.7 Å². The molecule has 0 fully saturated rings. The molecule has 1 atom stereocenters. The van der Waals surface area contributed by atoms with E-state index in [4.69, 9.17) is 16.3 Å². The molecule has 1 aromatic carbocycles. The number of sulfonamides is 1. The van der Waals surface area contributed by atoms with Crippen LogP contribution in [-0.2, 0) is 14.8 Å². The third-order valence-corrected chi connectivity index (χ3v) is 7.52. The van der Waals surface area contributed by atoms with Crippen molar-refractivity contribution in [3.05, 3.63) is 45.3 Å². The van der Waals surface area contributed by atoms with Crippen LogP contribution in [0.1, 0.15) is 40.7 Å². The summed E-state index contributed by atoms with van der Waals surface area (Å²) in [6.45, 7) is 3.35. The van der Waals surface area contributed by atoms with Crippen molar-refractivity contribution in [1.82, 2.24) is 4.72 Å². The number of halogens is 1. The van der Waals surface area contributed by atoms with E-state index in [1.807, 2.05) is 24.6 Å². The first kappa shape index (κ1) is 18.9. The zero-order chi connectivity index (χ0) is 19.1. The van der Waals surface area contributed by atoms with Crippen LogP contribution in [0, 0.1) is 6.92 Å². The monoisotopic (exact) mass is 413 g/mol. The lowest BCUT2D eigenvalue weighted by Crippen LogP contribution is -2.34. The molecule has 3 rings (SSSR count). The predicted octanol–water partition coefficient (Wildman–Crippen LogP) is 3.28. The van der Waals surface area contributed by atoms with Gasteiger partial charge in [0.05, 0.1) is 10.6 Å². The lowest BCUT2D eigenvalue weighted by atomic mass is 9.97. The summed E-state index contributed by atoms with van der Waals surface area (Å²) < 4.78 is 31.5. The second kappa shape index (κ2) is 7.02. The summed E-state index contributed by atoms with van der Waals surface area (Å²) in [4.78, 5) is 24.2. The van der Waals surface area contributed by atoms with Gasteiger partial charge in [0.2, 0.25) is 0 Å². The molecule has 0 radical (unpaired) electrons. The minimum Gasteiger partial charge on any atom is -0.483 e. The Bertz CT molecular complexity index is 997. The molecule has 6 nitrogen and oxygen atoms in total. The number of carbonyl (C=O) groups is 2. The Kier molecular flexibility index (Phi) is 5.09. The molecule has 0 saturated carbocycles. The number of thiophene rings is 1. The van der Waals surface area contributed by atoms with E-state index in [2.05, 4.69) is 0 Å². The van der Waals surface area contributed by atoms with Gasteiger partial charge in [-0.1, -0.05) is 24.6 Å². The highest BCUT2D eigenvalue weighted by atomic mass is 35.5. The van der Waals surface area contributed by atoms with E-state index in [-0.39, 0.29) is 20.9 Å². The van der Waals surface area contributed by atoms with Crippen LogP contribution in [0.25, 0.3) is 0 Å². The molecule has 0 aliphatic heterocycles. The summed E-state index contributed by atoms with van der Waals surface area (Å²) in [7, 11) is -4.05. The zero-order valence-electron chi connectivity index (χ0n) is 14.0. The van der Waals surface area contributed by atoms with Crippen LogP contribution >= 0.6 is 22.9 Å². The van der Waals surface area contributed by atoms with Crippen molar-refractivity contribution in [1.29, 1.82) is 0 Å². The summed E-state index contributed by atoms with van der Waals surface area (Å²) in [5, 5.41) is 1.56. The van der Waals surface area contributed by atoms with Crippen molar-refractivity contribution in [3.63, 3.8) is 0 Å². The minimum atomic E-state index is -4.05. The Labute approximate surface area is 160 Å². The molecule has 26 heavy (non-hydrogen) atoms. The van der Waals surface area contributed by atoms with Gasteiger partial charge in [0.25, 0.3) is 15.9 Å². The van der Waals surface area contributed by atoms with Gasteiger partial charge in [0.1, 0.15) is 5.75 Å². The van der Waals surface area contributed by atoms with E-state index in [0.717, 1.165) is 22.5 Å². The number of aryl methyl sites for hydroxylation is 1.